The van der Waals surface area contributed by atoms with Crippen LogP contribution in [0.15, 0.2) is 77.5 Å². The summed E-state index contributed by atoms with van der Waals surface area (Å²) in [6, 6.07) is 15.6. The van der Waals surface area contributed by atoms with Gasteiger partial charge in [0.25, 0.3) is 0 Å². The van der Waals surface area contributed by atoms with Crippen molar-refractivity contribution in [1.82, 2.24) is 14.5 Å². The summed E-state index contributed by atoms with van der Waals surface area (Å²) in [6.07, 6.45) is 7.83. The standard InChI is InChI=1S/C29H33N3O3S/c1-28(2,3)24-8-10-27(11-9-24)36(34,35)32-15-13-25-16-26(33)12-14-29(25,20-32)17-21-4-6-22(7-5-21)23-18-30-31-19-23/h4-11,16,18-19H,12-15,17,20H2,1-3H3,(H,30,31). The zero-order valence-corrected chi connectivity index (χ0v) is 21.9. The number of carbonyl (C=O) groups excluding carboxylic acids is 1. The van der Waals surface area contributed by atoms with Crippen LogP contribution in [0.5, 0.6) is 0 Å². The highest BCUT2D eigenvalue weighted by molar-refractivity contribution is 7.89. The Bertz CT molecular complexity index is 1380. The number of ketones is 1. The van der Waals surface area contributed by atoms with Gasteiger partial charge in [0.1, 0.15) is 0 Å². The summed E-state index contributed by atoms with van der Waals surface area (Å²) in [4.78, 5) is 12.6. The second-order valence-corrected chi connectivity index (χ2v) is 13.1. The van der Waals surface area contributed by atoms with Crippen molar-refractivity contribution in [3.05, 3.63) is 83.7 Å². The van der Waals surface area contributed by atoms with Crippen LogP contribution in [-0.2, 0) is 26.7 Å². The maximum atomic E-state index is 13.7. The van der Waals surface area contributed by atoms with Crippen molar-refractivity contribution in [1.29, 1.82) is 0 Å². The lowest BCUT2D eigenvalue weighted by Gasteiger charge is -2.46. The number of allylic oxidation sites excluding steroid dienone is 1. The van der Waals surface area contributed by atoms with Gasteiger partial charge in [-0.05, 0) is 59.6 Å². The largest absolute Gasteiger partial charge is 0.295 e. The number of H-pyrrole nitrogens is 1. The molecule has 1 N–H and O–H groups in total. The van der Waals surface area contributed by atoms with Crippen molar-refractivity contribution >= 4 is 15.8 Å². The molecule has 6 nitrogen and oxygen atoms in total. The summed E-state index contributed by atoms with van der Waals surface area (Å²) in [7, 11) is -3.64. The number of nitrogens with zero attached hydrogens (tertiary/aromatic N) is 2. The first-order valence-corrected chi connectivity index (χ1v) is 13.9. The van der Waals surface area contributed by atoms with E-state index in [1.165, 1.54) is 0 Å². The van der Waals surface area contributed by atoms with Gasteiger partial charge in [0.2, 0.25) is 10.0 Å². The minimum atomic E-state index is -3.64. The highest BCUT2D eigenvalue weighted by Gasteiger charge is 2.45. The molecule has 1 atom stereocenters. The van der Waals surface area contributed by atoms with E-state index < -0.39 is 10.0 Å². The molecule has 1 unspecified atom stereocenters. The Labute approximate surface area is 213 Å². The summed E-state index contributed by atoms with van der Waals surface area (Å²) in [5, 5.41) is 6.86. The van der Waals surface area contributed by atoms with Gasteiger partial charge in [0, 0.05) is 36.7 Å². The molecule has 188 valence electrons. The molecule has 0 amide bonds. The second-order valence-electron chi connectivity index (χ2n) is 11.1. The van der Waals surface area contributed by atoms with Crippen LogP contribution >= 0.6 is 0 Å². The molecule has 3 aromatic rings. The quantitative estimate of drug-likeness (QED) is 0.513. The predicted molar refractivity (Wildman–Crippen MR) is 141 cm³/mol. The van der Waals surface area contributed by atoms with Crippen molar-refractivity contribution in [3.63, 3.8) is 0 Å². The van der Waals surface area contributed by atoms with Gasteiger partial charge in [-0.15, -0.1) is 0 Å². The number of sulfonamides is 1. The molecular formula is C29H33N3O3S. The normalized spacial score (nSPS) is 21.2. The number of nitrogens with one attached hydrogen (secondary N) is 1. The third-order valence-electron chi connectivity index (χ3n) is 7.66. The van der Waals surface area contributed by atoms with E-state index in [1.807, 2.05) is 18.3 Å². The van der Waals surface area contributed by atoms with Crippen LogP contribution in [0, 0.1) is 5.41 Å². The average Bonchev–Trinajstić information content (AvgIpc) is 3.39. The summed E-state index contributed by atoms with van der Waals surface area (Å²) in [5.74, 6) is 0.144. The number of aromatic nitrogens is 2. The van der Waals surface area contributed by atoms with Gasteiger partial charge in [-0.2, -0.15) is 9.40 Å². The molecule has 2 heterocycles. The number of carbonyl (C=O) groups is 1. The molecular weight excluding hydrogens is 470 g/mol. The van der Waals surface area contributed by atoms with Crippen LogP contribution < -0.4 is 0 Å². The van der Waals surface area contributed by atoms with Crippen LogP contribution in [0.25, 0.3) is 11.1 Å². The highest BCUT2D eigenvalue weighted by Crippen LogP contribution is 2.46. The van der Waals surface area contributed by atoms with E-state index in [9.17, 15) is 13.2 Å². The van der Waals surface area contributed by atoms with Gasteiger partial charge >= 0.3 is 0 Å². The van der Waals surface area contributed by atoms with Gasteiger partial charge in [0.15, 0.2) is 5.78 Å². The van der Waals surface area contributed by atoms with Crippen molar-refractivity contribution in [2.75, 3.05) is 13.1 Å². The van der Waals surface area contributed by atoms with Crippen molar-refractivity contribution in [3.8, 4) is 11.1 Å². The van der Waals surface area contributed by atoms with E-state index in [2.05, 4.69) is 55.2 Å². The lowest BCUT2D eigenvalue weighted by Crippen LogP contribution is -2.49. The molecule has 0 spiro atoms. The maximum absolute atomic E-state index is 13.7. The van der Waals surface area contributed by atoms with Crippen molar-refractivity contribution < 1.29 is 13.2 Å². The molecule has 1 aliphatic heterocycles. The van der Waals surface area contributed by atoms with Gasteiger partial charge < -0.3 is 0 Å². The Morgan fingerprint density at radius 1 is 1.00 bits per heavy atom. The number of hydrogen-bond acceptors (Lipinski definition) is 4. The smallest absolute Gasteiger partial charge is 0.243 e. The monoisotopic (exact) mass is 503 g/mol. The molecule has 1 fully saturated rings. The molecule has 7 heteroatoms. The van der Waals surface area contributed by atoms with Crippen LogP contribution in [0.3, 0.4) is 0 Å². The highest BCUT2D eigenvalue weighted by atomic mass is 32.2. The number of fused-ring (bicyclic) bond motifs is 1. The minimum Gasteiger partial charge on any atom is -0.295 e. The van der Waals surface area contributed by atoms with Gasteiger partial charge in [-0.3, -0.25) is 9.89 Å². The molecule has 0 saturated carbocycles. The number of benzene rings is 2. The van der Waals surface area contributed by atoms with E-state index in [4.69, 9.17) is 0 Å². The Balaban J connectivity index is 1.43. The lowest BCUT2D eigenvalue weighted by atomic mass is 9.66. The molecule has 2 aromatic carbocycles. The van der Waals surface area contributed by atoms with E-state index in [0.717, 1.165) is 27.8 Å². The van der Waals surface area contributed by atoms with Gasteiger partial charge in [0.05, 0.1) is 11.1 Å². The van der Waals surface area contributed by atoms with Crippen molar-refractivity contribution in [2.24, 2.45) is 5.41 Å². The average molecular weight is 504 g/mol. The summed E-state index contributed by atoms with van der Waals surface area (Å²) in [5.41, 5.74) is 5.01. The minimum absolute atomic E-state index is 0.0427. The van der Waals surface area contributed by atoms with E-state index >= 15 is 0 Å². The summed E-state index contributed by atoms with van der Waals surface area (Å²) in [6.45, 7) is 7.13. The molecule has 1 aliphatic carbocycles. The third-order valence-corrected chi connectivity index (χ3v) is 9.52. The Morgan fingerprint density at radius 3 is 2.36 bits per heavy atom. The van der Waals surface area contributed by atoms with Gasteiger partial charge in [-0.25, -0.2) is 8.42 Å². The zero-order valence-electron chi connectivity index (χ0n) is 21.1. The van der Waals surface area contributed by atoms with Crippen LogP contribution in [0.1, 0.15) is 51.2 Å². The predicted octanol–water partition coefficient (Wildman–Crippen LogP) is 5.29. The topological polar surface area (TPSA) is 83.1 Å². The Hall–Kier alpha value is -3.03. The van der Waals surface area contributed by atoms with Crippen LogP contribution in [-0.4, -0.2) is 41.8 Å². The van der Waals surface area contributed by atoms with Crippen LogP contribution in [0.4, 0.5) is 0 Å². The Morgan fingerprint density at radius 2 is 1.72 bits per heavy atom. The van der Waals surface area contributed by atoms with Gasteiger partial charge in [-0.1, -0.05) is 62.7 Å². The molecule has 2 aliphatic rings. The number of rotatable bonds is 5. The first-order chi connectivity index (χ1) is 17.1. The molecule has 36 heavy (non-hydrogen) atoms. The van der Waals surface area contributed by atoms with Crippen molar-refractivity contribution in [2.45, 2.75) is 56.8 Å². The first kappa shape index (κ1) is 24.7. The summed E-state index contributed by atoms with van der Waals surface area (Å²) >= 11 is 0. The number of hydrogen-bond donors (Lipinski definition) is 1. The molecule has 1 aromatic heterocycles. The SMILES string of the molecule is CC(C)(C)c1ccc(S(=O)(=O)N2CCC3=CC(=O)CCC3(Cc3ccc(-c4cn[nH]c4)cc3)C2)cc1. The van der Waals surface area contributed by atoms with Crippen LogP contribution in [0.2, 0.25) is 0 Å². The number of aromatic amines is 1. The maximum Gasteiger partial charge on any atom is 0.243 e. The summed E-state index contributed by atoms with van der Waals surface area (Å²) < 4.78 is 29.0. The lowest BCUT2D eigenvalue weighted by molar-refractivity contribution is -0.116. The zero-order chi connectivity index (χ0) is 25.6. The molecule has 0 bridgehead atoms. The Kier molecular flexibility index (Phi) is 6.25. The van der Waals surface area contributed by atoms with E-state index in [0.29, 0.717) is 43.7 Å². The fraction of sp³-hybridized carbons (Fsp3) is 0.379. The molecule has 5 rings (SSSR count). The molecule has 1 saturated heterocycles. The number of piperidine rings is 1. The molecule has 0 radical (unpaired) electrons. The second kappa shape index (κ2) is 9.12. The van der Waals surface area contributed by atoms with E-state index in [1.54, 1.807) is 28.7 Å². The third kappa shape index (κ3) is 4.70. The first-order valence-electron chi connectivity index (χ1n) is 12.5. The van der Waals surface area contributed by atoms with E-state index in [-0.39, 0.29) is 16.6 Å². The fourth-order valence-electron chi connectivity index (χ4n) is 5.48. The fourth-order valence-corrected chi connectivity index (χ4v) is 7.00.